The summed E-state index contributed by atoms with van der Waals surface area (Å²) in [5.74, 6) is 2.04. The second kappa shape index (κ2) is 6.58. The van der Waals surface area contributed by atoms with Gasteiger partial charge in [0.2, 0.25) is 5.91 Å². The van der Waals surface area contributed by atoms with Crippen molar-refractivity contribution in [3.05, 3.63) is 0 Å². The smallest absolute Gasteiger partial charge is 0.225 e. The summed E-state index contributed by atoms with van der Waals surface area (Å²) >= 11 is 0. The minimum atomic E-state index is -0.295. The van der Waals surface area contributed by atoms with Crippen LogP contribution in [0, 0.1) is 17.8 Å². The van der Waals surface area contributed by atoms with Crippen LogP contribution in [0.2, 0.25) is 0 Å². The Morgan fingerprint density at radius 3 is 2.79 bits per heavy atom. The molecule has 0 saturated carbocycles. The Morgan fingerprint density at radius 1 is 1.25 bits per heavy atom. The van der Waals surface area contributed by atoms with E-state index in [-0.39, 0.29) is 11.8 Å². The zero-order valence-electron chi connectivity index (χ0n) is 15.2. The first-order valence-electron chi connectivity index (χ1n) is 9.86. The predicted octanol–water partition coefficient (Wildman–Crippen LogP) is 2.11. The van der Waals surface area contributed by atoms with Crippen LogP contribution in [0.15, 0.2) is 0 Å². The van der Waals surface area contributed by atoms with Crippen molar-refractivity contribution in [3.8, 4) is 0 Å². The third-order valence-corrected chi connectivity index (χ3v) is 6.75. The molecule has 5 nitrogen and oxygen atoms in total. The van der Waals surface area contributed by atoms with Gasteiger partial charge in [0.05, 0.1) is 12.6 Å². The topological polar surface area (TPSA) is 42.0 Å². The predicted molar refractivity (Wildman–Crippen MR) is 91.5 cm³/mol. The molecule has 3 atom stereocenters. The van der Waals surface area contributed by atoms with Gasteiger partial charge in [0.1, 0.15) is 5.72 Å². The van der Waals surface area contributed by atoms with E-state index in [1.54, 1.807) is 0 Å². The van der Waals surface area contributed by atoms with Crippen LogP contribution >= 0.6 is 0 Å². The van der Waals surface area contributed by atoms with E-state index in [1.165, 1.54) is 19.4 Å². The monoisotopic (exact) mass is 336 g/mol. The van der Waals surface area contributed by atoms with Gasteiger partial charge >= 0.3 is 0 Å². The largest absolute Gasteiger partial charge is 0.381 e. The van der Waals surface area contributed by atoms with Crippen LogP contribution in [0.1, 0.15) is 46.0 Å². The fourth-order valence-electron chi connectivity index (χ4n) is 5.31. The molecule has 24 heavy (non-hydrogen) atoms. The van der Waals surface area contributed by atoms with Crippen LogP contribution in [0.25, 0.3) is 0 Å². The number of hydrogen-bond acceptors (Lipinski definition) is 4. The molecule has 5 heteroatoms. The molecule has 0 aliphatic carbocycles. The van der Waals surface area contributed by atoms with E-state index in [0.717, 1.165) is 51.7 Å². The van der Waals surface area contributed by atoms with Gasteiger partial charge in [-0.1, -0.05) is 13.8 Å². The van der Waals surface area contributed by atoms with Crippen LogP contribution in [-0.4, -0.2) is 66.9 Å². The maximum atomic E-state index is 12.7. The molecule has 4 aliphatic rings. The van der Waals surface area contributed by atoms with Crippen LogP contribution in [0.5, 0.6) is 0 Å². The lowest BCUT2D eigenvalue weighted by atomic mass is 9.79. The van der Waals surface area contributed by atoms with Crippen LogP contribution in [-0.2, 0) is 14.3 Å². The Morgan fingerprint density at radius 2 is 2.04 bits per heavy atom. The van der Waals surface area contributed by atoms with Gasteiger partial charge in [-0.15, -0.1) is 0 Å². The summed E-state index contributed by atoms with van der Waals surface area (Å²) in [7, 11) is 0. The Labute approximate surface area is 145 Å². The molecule has 1 amide bonds. The third kappa shape index (κ3) is 2.78. The number of carbonyl (C=O) groups excluding carboxylic acids is 1. The Balaban J connectivity index is 1.46. The first kappa shape index (κ1) is 16.8. The second-order valence-electron chi connectivity index (χ2n) is 8.53. The third-order valence-electron chi connectivity index (χ3n) is 6.75. The average molecular weight is 336 g/mol. The standard InChI is InChI=1S/C19H32N2O3/c1-14(2)17-13-24-19-7-8-20(11-15-5-9-23-10-6-15)12-16(19)3-4-18(22)21(17)19/h14-17H,3-13H2,1-2H3/t16-,17-,19-/m1/s1. The van der Waals surface area contributed by atoms with E-state index < -0.39 is 0 Å². The molecule has 0 aromatic rings. The lowest BCUT2D eigenvalue weighted by molar-refractivity contribution is -0.193. The fraction of sp³-hybridized carbons (Fsp3) is 0.947. The van der Waals surface area contributed by atoms with Crippen molar-refractivity contribution in [1.29, 1.82) is 0 Å². The van der Waals surface area contributed by atoms with Gasteiger partial charge in [-0.05, 0) is 31.1 Å². The molecule has 4 aliphatic heterocycles. The van der Waals surface area contributed by atoms with Gasteiger partial charge in [0.15, 0.2) is 0 Å². The summed E-state index contributed by atoms with van der Waals surface area (Å²) in [5, 5.41) is 0. The fourth-order valence-corrected chi connectivity index (χ4v) is 5.31. The average Bonchev–Trinajstić information content (AvgIpc) is 2.98. The molecular formula is C19H32N2O3. The Hall–Kier alpha value is -0.650. The van der Waals surface area contributed by atoms with Crippen molar-refractivity contribution in [2.24, 2.45) is 17.8 Å². The lowest BCUT2D eigenvalue weighted by Crippen LogP contribution is -2.65. The molecular weight excluding hydrogens is 304 g/mol. The van der Waals surface area contributed by atoms with E-state index in [4.69, 9.17) is 9.47 Å². The SMILES string of the molecule is CC(C)[C@H]1CO[C@]23CCN(CC4CCOCC4)C[C@H]2CCC(=O)N13. The minimum Gasteiger partial charge on any atom is -0.381 e. The normalized spacial score (nSPS) is 38.5. The minimum absolute atomic E-state index is 0.266. The number of ether oxygens (including phenoxy) is 2. The zero-order chi connectivity index (χ0) is 16.7. The van der Waals surface area contributed by atoms with E-state index >= 15 is 0 Å². The summed E-state index contributed by atoms with van der Waals surface area (Å²) in [4.78, 5) is 17.5. The molecule has 0 bridgehead atoms. The van der Waals surface area contributed by atoms with E-state index in [1.807, 2.05) is 0 Å². The van der Waals surface area contributed by atoms with Crippen molar-refractivity contribution in [2.45, 2.75) is 57.7 Å². The molecule has 4 rings (SSSR count). The summed E-state index contributed by atoms with van der Waals surface area (Å²) < 4.78 is 11.9. The molecule has 0 aromatic heterocycles. The number of likely N-dealkylation sites (tertiary alicyclic amines) is 1. The molecule has 4 saturated heterocycles. The van der Waals surface area contributed by atoms with E-state index in [9.17, 15) is 4.79 Å². The first-order chi connectivity index (χ1) is 11.6. The Kier molecular flexibility index (Phi) is 4.61. The molecule has 136 valence electrons. The highest BCUT2D eigenvalue weighted by Crippen LogP contribution is 2.47. The van der Waals surface area contributed by atoms with E-state index in [0.29, 0.717) is 24.2 Å². The van der Waals surface area contributed by atoms with Gasteiger partial charge in [-0.2, -0.15) is 0 Å². The zero-order valence-corrected chi connectivity index (χ0v) is 15.2. The molecule has 4 fully saturated rings. The highest BCUT2D eigenvalue weighted by Gasteiger charge is 2.58. The van der Waals surface area contributed by atoms with Gasteiger partial charge in [-0.25, -0.2) is 0 Å². The van der Waals surface area contributed by atoms with Crippen LogP contribution < -0.4 is 0 Å². The summed E-state index contributed by atoms with van der Waals surface area (Å²) in [5.41, 5.74) is -0.295. The van der Waals surface area contributed by atoms with Crippen molar-refractivity contribution >= 4 is 5.91 Å². The molecule has 4 heterocycles. The van der Waals surface area contributed by atoms with E-state index in [2.05, 4.69) is 23.6 Å². The molecule has 0 unspecified atom stereocenters. The summed E-state index contributed by atoms with van der Waals surface area (Å²) in [6, 6.07) is 0.266. The molecule has 1 spiro atoms. The highest BCUT2D eigenvalue weighted by molar-refractivity contribution is 5.78. The number of carbonyl (C=O) groups is 1. The van der Waals surface area contributed by atoms with Gasteiger partial charge in [0.25, 0.3) is 0 Å². The van der Waals surface area contributed by atoms with Gasteiger partial charge < -0.3 is 19.3 Å². The van der Waals surface area contributed by atoms with Crippen LogP contribution in [0.4, 0.5) is 0 Å². The second-order valence-corrected chi connectivity index (χ2v) is 8.53. The number of nitrogens with zero attached hydrogens (tertiary/aromatic N) is 2. The Bertz CT molecular complexity index is 477. The van der Waals surface area contributed by atoms with Crippen molar-refractivity contribution < 1.29 is 14.3 Å². The molecule has 0 N–H and O–H groups in total. The quantitative estimate of drug-likeness (QED) is 0.792. The highest BCUT2D eigenvalue weighted by atomic mass is 16.5. The van der Waals surface area contributed by atoms with Crippen molar-refractivity contribution in [2.75, 3.05) is 39.5 Å². The van der Waals surface area contributed by atoms with Crippen LogP contribution in [0.3, 0.4) is 0 Å². The molecule has 0 aromatic carbocycles. The number of rotatable bonds is 3. The van der Waals surface area contributed by atoms with Gasteiger partial charge in [0, 0.05) is 51.6 Å². The maximum Gasteiger partial charge on any atom is 0.225 e. The van der Waals surface area contributed by atoms with Gasteiger partial charge in [-0.3, -0.25) is 4.79 Å². The maximum absolute atomic E-state index is 12.7. The lowest BCUT2D eigenvalue weighted by Gasteiger charge is -2.53. The van der Waals surface area contributed by atoms with Crippen molar-refractivity contribution in [1.82, 2.24) is 9.80 Å². The number of amides is 1. The molecule has 0 radical (unpaired) electrons. The number of piperidine rings is 2. The first-order valence-corrected chi connectivity index (χ1v) is 9.86. The summed E-state index contributed by atoms with van der Waals surface area (Å²) in [6.07, 6.45) is 5.07. The van der Waals surface area contributed by atoms with Crippen molar-refractivity contribution in [3.63, 3.8) is 0 Å². The summed E-state index contributed by atoms with van der Waals surface area (Å²) in [6.45, 7) is 10.3. The number of hydrogen-bond donors (Lipinski definition) is 0.